The van der Waals surface area contributed by atoms with E-state index in [4.69, 9.17) is 21.4 Å². The van der Waals surface area contributed by atoms with Crippen LogP contribution in [0.25, 0.3) is 16.9 Å². The first-order chi connectivity index (χ1) is 17.8. The van der Waals surface area contributed by atoms with Crippen LogP contribution in [0.1, 0.15) is 26.2 Å². The second-order valence-electron chi connectivity index (χ2n) is 8.36. The monoisotopic (exact) mass is 566 g/mol. The summed E-state index contributed by atoms with van der Waals surface area (Å²) in [6.45, 7) is 1.11. The normalized spacial score (nSPS) is 13.6. The van der Waals surface area contributed by atoms with Gasteiger partial charge in [0.1, 0.15) is 47.0 Å². The third-order valence-electron chi connectivity index (χ3n) is 5.54. The molecule has 0 radical (unpaired) electrons. The second-order valence-corrected chi connectivity index (χ2v) is 8.72. The van der Waals surface area contributed by atoms with Crippen LogP contribution in [0, 0.1) is 11.6 Å². The molecule has 0 saturated carbocycles. The molecule has 10 nitrogen and oxygen atoms in total. The van der Waals surface area contributed by atoms with Crippen molar-refractivity contribution in [1.29, 1.82) is 0 Å². The molecule has 3 N–H and O–H groups in total. The molecule has 0 amide bonds. The number of anilines is 1. The van der Waals surface area contributed by atoms with Crippen LogP contribution in [0.15, 0.2) is 18.5 Å². The topological polar surface area (TPSA) is 125 Å². The van der Waals surface area contributed by atoms with Crippen molar-refractivity contribution in [2.45, 2.75) is 44.6 Å². The molecular weight excluding hydrogens is 543 g/mol. The number of nitrogens with zero attached hydrogens (tertiary/aromatic N) is 5. The summed E-state index contributed by atoms with van der Waals surface area (Å²) >= 11 is 6.14. The number of aliphatic carboxylic acids is 1. The number of halogens is 6. The molecule has 2 heterocycles. The van der Waals surface area contributed by atoms with Crippen LogP contribution >= 0.6 is 11.6 Å². The Labute approximate surface area is 218 Å². The van der Waals surface area contributed by atoms with Crippen LogP contribution in [-0.4, -0.2) is 79.3 Å². The fourth-order valence-electron chi connectivity index (χ4n) is 3.46. The Morgan fingerprint density at radius 1 is 1.26 bits per heavy atom. The van der Waals surface area contributed by atoms with Gasteiger partial charge in [-0.1, -0.05) is 11.6 Å². The lowest BCUT2D eigenvalue weighted by molar-refractivity contribution is -0.139. The van der Waals surface area contributed by atoms with Gasteiger partial charge in [0, 0.05) is 25.1 Å². The van der Waals surface area contributed by atoms with Gasteiger partial charge in [0.05, 0.1) is 17.7 Å². The molecule has 0 spiro atoms. The minimum Gasteiger partial charge on any atom is -0.493 e. The molecule has 0 saturated heterocycles. The molecular formula is C22H24ClF5N6O4. The summed E-state index contributed by atoms with van der Waals surface area (Å²) in [4.78, 5) is 19.7. The summed E-state index contributed by atoms with van der Waals surface area (Å²) in [5, 5.41) is 24.0. The molecule has 3 aromatic rings. The summed E-state index contributed by atoms with van der Waals surface area (Å²) < 4.78 is 76.3. The first-order valence-corrected chi connectivity index (χ1v) is 11.6. The fraction of sp³-hybridized carbons (Fsp3) is 0.455. The van der Waals surface area contributed by atoms with E-state index in [-0.39, 0.29) is 31.0 Å². The predicted molar refractivity (Wildman–Crippen MR) is 126 cm³/mol. The number of carbonyl (C=O) groups is 1. The Kier molecular flexibility index (Phi) is 9.27. The maximum atomic E-state index is 15.2. The minimum atomic E-state index is -4.70. The van der Waals surface area contributed by atoms with Crippen molar-refractivity contribution in [3.63, 3.8) is 0 Å². The third-order valence-corrected chi connectivity index (χ3v) is 5.82. The highest BCUT2D eigenvalue weighted by Crippen LogP contribution is 2.39. The first-order valence-electron chi connectivity index (χ1n) is 11.2. The van der Waals surface area contributed by atoms with Gasteiger partial charge in [0.25, 0.3) is 5.78 Å². The highest BCUT2D eigenvalue weighted by Gasteiger charge is 2.37. The SMILES string of the molecule is C[C@H](Nc1c(-c2c(F)cc(OCCCN(C)C(O)CCC(=O)O)cc2F)c(Cl)nc2ncnn12)C(F)(F)F. The van der Waals surface area contributed by atoms with E-state index in [1.807, 2.05) is 0 Å². The minimum absolute atomic E-state index is 0.00263. The van der Waals surface area contributed by atoms with Gasteiger partial charge in [0.15, 0.2) is 0 Å². The van der Waals surface area contributed by atoms with E-state index in [1.54, 1.807) is 7.05 Å². The Hall–Kier alpha value is -3.30. The molecule has 0 aliphatic carbocycles. The Morgan fingerprint density at radius 3 is 2.53 bits per heavy atom. The molecule has 16 heteroatoms. The number of hydrogen-bond acceptors (Lipinski definition) is 8. The van der Waals surface area contributed by atoms with Crippen molar-refractivity contribution in [2.24, 2.45) is 0 Å². The van der Waals surface area contributed by atoms with E-state index >= 15 is 8.78 Å². The lowest BCUT2D eigenvalue weighted by Crippen LogP contribution is -2.34. The van der Waals surface area contributed by atoms with Crippen LogP contribution in [0.3, 0.4) is 0 Å². The van der Waals surface area contributed by atoms with E-state index in [1.165, 1.54) is 4.90 Å². The molecule has 0 aliphatic rings. The van der Waals surface area contributed by atoms with E-state index in [0.29, 0.717) is 13.0 Å². The molecule has 0 bridgehead atoms. The maximum Gasteiger partial charge on any atom is 0.408 e. The summed E-state index contributed by atoms with van der Waals surface area (Å²) in [7, 11) is 1.58. The Balaban J connectivity index is 1.81. The van der Waals surface area contributed by atoms with Crippen LogP contribution in [-0.2, 0) is 4.79 Å². The number of aliphatic hydroxyl groups is 1. The number of carboxylic acids is 1. The number of carboxylic acid groups (broad SMARTS) is 1. The van der Waals surface area contributed by atoms with Gasteiger partial charge in [-0.15, -0.1) is 0 Å². The molecule has 208 valence electrons. The van der Waals surface area contributed by atoms with E-state index in [2.05, 4.69) is 20.4 Å². The zero-order valence-corrected chi connectivity index (χ0v) is 20.9. The van der Waals surface area contributed by atoms with Crippen molar-refractivity contribution >= 4 is 29.2 Å². The number of rotatable bonds is 12. The van der Waals surface area contributed by atoms with Crippen molar-refractivity contribution in [3.8, 4) is 16.9 Å². The first kappa shape index (κ1) is 29.3. The van der Waals surface area contributed by atoms with E-state index in [0.717, 1.165) is 29.9 Å². The van der Waals surface area contributed by atoms with Gasteiger partial charge in [-0.2, -0.15) is 32.8 Å². The Bertz CT molecular complexity index is 1270. The van der Waals surface area contributed by atoms with Crippen LogP contribution in [0.2, 0.25) is 5.15 Å². The average molecular weight is 567 g/mol. The lowest BCUT2D eigenvalue weighted by Gasteiger charge is -2.23. The number of alkyl halides is 3. The molecule has 1 unspecified atom stereocenters. The number of nitrogens with one attached hydrogen (secondary N) is 1. The molecule has 2 aromatic heterocycles. The van der Waals surface area contributed by atoms with Crippen molar-refractivity contribution in [2.75, 3.05) is 25.5 Å². The molecule has 38 heavy (non-hydrogen) atoms. The largest absolute Gasteiger partial charge is 0.493 e. The lowest BCUT2D eigenvalue weighted by atomic mass is 10.1. The number of fused-ring (bicyclic) bond motifs is 1. The number of ether oxygens (including phenoxy) is 1. The zero-order valence-electron chi connectivity index (χ0n) is 20.1. The summed E-state index contributed by atoms with van der Waals surface area (Å²) in [5.74, 6) is -4.22. The summed E-state index contributed by atoms with van der Waals surface area (Å²) in [6, 6.07) is -0.438. The van der Waals surface area contributed by atoms with Gasteiger partial charge >= 0.3 is 12.1 Å². The van der Waals surface area contributed by atoms with Crippen molar-refractivity contribution in [1.82, 2.24) is 24.5 Å². The van der Waals surface area contributed by atoms with Crippen molar-refractivity contribution < 1.29 is 41.7 Å². The van der Waals surface area contributed by atoms with Crippen LogP contribution in [0.4, 0.5) is 27.8 Å². The van der Waals surface area contributed by atoms with Gasteiger partial charge < -0.3 is 20.3 Å². The maximum absolute atomic E-state index is 15.2. The molecule has 1 aromatic carbocycles. The van der Waals surface area contributed by atoms with Gasteiger partial charge in [-0.05, 0) is 26.8 Å². The third kappa shape index (κ3) is 6.96. The molecule has 0 aliphatic heterocycles. The van der Waals surface area contributed by atoms with Crippen LogP contribution in [0.5, 0.6) is 5.75 Å². The quantitative estimate of drug-likeness (QED) is 0.129. The van der Waals surface area contributed by atoms with Crippen LogP contribution < -0.4 is 10.1 Å². The van der Waals surface area contributed by atoms with Crippen molar-refractivity contribution in [3.05, 3.63) is 35.2 Å². The Morgan fingerprint density at radius 2 is 1.92 bits per heavy atom. The highest BCUT2D eigenvalue weighted by molar-refractivity contribution is 6.33. The predicted octanol–water partition coefficient (Wildman–Crippen LogP) is 3.97. The van der Waals surface area contributed by atoms with Gasteiger partial charge in [-0.3, -0.25) is 9.69 Å². The number of benzene rings is 1. The molecule has 2 atom stereocenters. The number of hydrogen-bond donors (Lipinski definition) is 3. The average Bonchev–Trinajstić information content (AvgIpc) is 3.28. The number of aromatic nitrogens is 4. The smallest absolute Gasteiger partial charge is 0.408 e. The standard InChI is InChI=1S/C22H24ClF5N6O4/c1-11(22(26,27)28)31-20-18(19(23)32-21-29-10-30-34(20)21)17-13(24)8-12(9-14(17)25)38-7-3-6-33(2)15(35)4-5-16(36)37/h8-11,15,31,35H,3-7H2,1-2H3,(H,36,37)/t11-,15?/m0/s1. The summed E-state index contributed by atoms with van der Waals surface area (Å²) in [5.41, 5.74) is -1.23. The molecule has 3 rings (SSSR count). The zero-order chi connectivity index (χ0) is 28.2. The highest BCUT2D eigenvalue weighted by atomic mass is 35.5. The fourth-order valence-corrected chi connectivity index (χ4v) is 3.72. The van der Waals surface area contributed by atoms with Gasteiger partial charge in [-0.25, -0.2) is 8.78 Å². The van der Waals surface area contributed by atoms with Gasteiger partial charge in [0.2, 0.25) is 0 Å². The second kappa shape index (κ2) is 12.0. The van der Waals surface area contributed by atoms with E-state index in [9.17, 15) is 23.1 Å². The summed E-state index contributed by atoms with van der Waals surface area (Å²) in [6.07, 6.45) is -4.53. The molecule has 0 fully saturated rings. The van der Waals surface area contributed by atoms with E-state index < -0.39 is 58.1 Å². The number of aliphatic hydroxyl groups excluding tert-OH is 1.